The highest BCUT2D eigenvalue weighted by atomic mass is 32.1. The number of aryl methyl sites for hydroxylation is 1. The van der Waals surface area contributed by atoms with Gasteiger partial charge in [0.05, 0.1) is 18.3 Å². The van der Waals surface area contributed by atoms with Crippen LogP contribution in [-0.2, 0) is 4.74 Å². The van der Waals surface area contributed by atoms with Gasteiger partial charge in [-0.15, -0.1) is 11.3 Å². The summed E-state index contributed by atoms with van der Waals surface area (Å²) in [4.78, 5) is 16.3. The summed E-state index contributed by atoms with van der Waals surface area (Å²) >= 11 is 1.33. The maximum absolute atomic E-state index is 11.5. The molecule has 0 saturated carbocycles. The third-order valence-corrected chi connectivity index (χ3v) is 3.30. The highest BCUT2D eigenvalue weighted by Gasteiger charge is 2.18. The number of aromatic nitrogens is 1. The van der Waals surface area contributed by atoms with Gasteiger partial charge >= 0.3 is 5.97 Å². The minimum absolute atomic E-state index is 0.0862. The number of nitrogens with two attached hydrogens (primary N) is 1. The van der Waals surface area contributed by atoms with Crippen LogP contribution < -0.4 is 5.73 Å². The van der Waals surface area contributed by atoms with Crippen LogP contribution in [0.25, 0.3) is 0 Å². The van der Waals surface area contributed by atoms with Gasteiger partial charge < -0.3 is 10.5 Å². The Morgan fingerprint density at radius 3 is 2.80 bits per heavy atom. The van der Waals surface area contributed by atoms with Crippen LogP contribution in [-0.4, -0.2) is 17.6 Å². The maximum Gasteiger partial charge on any atom is 0.350 e. The molecule has 0 aliphatic rings. The first-order valence-corrected chi connectivity index (χ1v) is 5.81. The van der Waals surface area contributed by atoms with E-state index in [1.165, 1.54) is 11.3 Å². The van der Waals surface area contributed by atoms with E-state index in [4.69, 9.17) is 10.5 Å². The zero-order valence-corrected chi connectivity index (χ0v) is 10.1. The van der Waals surface area contributed by atoms with Gasteiger partial charge in [-0.25, -0.2) is 9.78 Å². The van der Waals surface area contributed by atoms with Gasteiger partial charge in [-0.2, -0.15) is 0 Å². The van der Waals surface area contributed by atoms with Crippen molar-refractivity contribution in [1.29, 1.82) is 0 Å². The molecule has 0 fully saturated rings. The van der Waals surface area contributed by atoms with Crippen molar-refractivity contribution in [2.24, 2.45) is 5.73 Å². The lowest BCUT2D eigenvalue weighted by atomic mass is 10.2. The molecule has 0 spiro atoms. The van der Waals surface area contributed by atoms with E-state index < -0.39 is 0 Å². The fourth-order valence-electron chi connectivity index (χ4n) is 1.14. The van der Waals surface area contributed by atoms with Gasteiger partial charge in [0, 0.05) is 0 Å². The summed E-state index contributed by atoms with van der Waals surface area (Å²) in [5, 5.41) is 0.804. The predicted molar refractivity (Wildman–Crippen MR) is 60.0 cm³/mol. The molecule has 5 heteroatoms. The molecule has 0 aliphatic carbocycles. The second kappa shape index (κ2) is 5.23. The number of esters is 1. The van der Waals surface area contributed by atoms with Crippen LogP contribution in [0.2, 0.25) is 0 Å². The molecule has 0 radical (unpaired) electrons. The molecule has 84 valence electrons. The van der Waals surface area contributed by atoms with E-state index in [1.807, 2.05) is 6.92 Å². The van der Waals surface area contributed by atoms with Gasteiger partial charge in [0.2, 0.25) is 0 Å². The SMILES string of the molecule is CCOC(=O)c1sc(C(N)CC)nc1C. The number of ether oxygens (including phenoxy) is 1. The Hall–Kier alpha value is -0.940. The lowest BCUT2D eigenvalue weighted by Crippen LogP contribution is -2.07. The molecular weight excluding hydrogens is 212 g/mol. The Kier molecular flexibility index (Phi) is 4.23. The molecule has 2 N–H and O–H groups in total. The molecule has 0 amide bonds. The topological polar surface area (TPSA) is 65.2 Å². The quantitative estimate of drug-likeness (QED) is 0.801. The fourth-order valence-corrected chi connectivity index (χ4v) is 2.18. The zero-order valence-electron chi connectivity index (χ0n) is 9.24. The maximum atomic E-state index is 11.5. The molecule has 1 atom stereocenters. The largest absolute Gasteiger partial charge is 0.462 e. The van der Waals surface area contributed by atoms with Crippen LogP contribution in [0.1, 0.15) is 46.7 Å². The zero-order chi connectivity index (χ0) is 11.4. The molecule has 0 aliphatic heterocycles. The molecule has 15 heavy (non-hydrogen) atoms. The Labute approximate surface area is 93.5 Å². The Morgan fingerprint density at radius 1 is 1.60 bits per heavy atom. The number of thiazole rings is 1. The second-order valence-corrected chi connectivity index (χ2v) is 4.23. The number of carbonyl (C=O) groups is 1. The summed E-state index contributed by atoms with van der Waals surface area (Å²) in [6, 6.07) is -0.0862. The number of hydrogen-bond acceptors (Lipinski definition) is 5. The minimum atomic E-state index is -0.304. The van der Waals surface area contributed by atoms with Crippen LogP contribution in [0, 0.1) is 6.92 Å². The van der Waals surface area contributed by atoms with E-state index >= 15 is 0 Å². The van der Waals surface area contributed by atoms with Crippen LogP contribution in [0.5, 0.6) is 0 Å². The second-order valence-electron chi connectivity index (χ2n) is 3.20. The molecule has 0 saturated heterocycles. The molecule has 1 heterocycles. The lowest BCUT2D eigenvalue weighted by Gasteiger charge is -2.01. The van der Waals surface area contributed by atoms with Crippen molar-refractivity contribution >= 4 is 17.3 Å². The van der Waals surface area contributed by atoms with Gasteiger partial charge in [0.1, 0.15) is 9.88 Å². The first-order chi connectivity index (χ1) is 7.10. The number of nitrogens with zero attached hydrogens (tertiary/aromatic N) is 1. The van der Waals surface area contributed by atoms with Gasteiger partial charge in [0.25, 0.3) is 0 Å². The molecule has 1 aromatic heterocycles. The molecule has 1 unspecified atom stereocenters. The highest BCUT2D eigenvalue weighted by Crippen LogP contribution is 2.24. The average molecular weight is 228 g/mol. The van der Waals surface area contributed by atoms with E-state index in [0.717, 1.165) is 11.4 Å². The third kappa shape index (κ3) is 2.76. The first kappa shape index (κ1) is 12.1. The van der Waals surface area contributed by atoms with E-state index in [-0.39, 0.29) is 12.0 Å². The molecule has 0 bridgehead atoms. The van der Waals surface area contributed by atoms with Gasteiger partial charge in [0.15, 0.2) is 0 Å². The highest BCUT2D eigenvalue weighted by molar-refractivity contribution is 7.13. The average Bonchev–Trinajstić information content (AvgIpc) is 2.59. The van der Waals surface area contributed by atoms with Crippen molar-refractivity contribution in [3.05, 3.63) is 15.6 Å². The van der Waals surface area contributed by atoms with Crippen molar-refractivity contribution in [2.45, 2.75) is 33.2 Å². The summed E-state index contributed by atoms with van der Waals surface area (Å²) in [5.74, 6) is -0.304. The molecule has 1 rings (SSSR count). The molecule has 4 nitrogen and oxygen atoms in total. The van der Waals surface area contributed by atoms with Gasteiger partial charge in [-0.3, -0.25) is 0 Å². The van der Waals surface area contributed by atoms with Crippen molar-refractivity contribution in [2.75, 3.05) is 6.61 Å². The van der Waals surface area contributed by atoms with E-state index in [9.17, 15) is 4.79 Å². The number of carbonyl (C=O) groups excluding carboxylic acids is 1. The van der Waals surface area contributed by atoms with Crippen molar-refractivity contribution in [3.8, 4) is 0 Å². The van der Waals surface area contributed by atoms with Crippen LogP contribution in [0.15, 0.2) is 0 Å². The minimum Gasteiger partial charge on any atom is -0.462 e. The van der Waals surface area contributed by atoms with E-state index in [0.29, 0.717) is 17.2 Å². The summed E-state index contributed by atoms with van der Waals surface area (Å²) in [5.41, 5.74) is 6.55. The van der Waals surface area contributed by atoms with Crippen molar-refractivity contribution in [1.82, 2.24) is 4.98 Å². The summed E-state index contributed by atoms with van der Waals surface area (Å²) in [6.07, 6.45) is 0.815. The smallest absolute Gasteiger partial charge is 0.350 e. The molecule has 0 aromatic carbocycles. The van der Waals surface area contributed by atoms with Crippen molar-refractivity contribution < 1.29 is 9.53 Å². The summed E-state index contributed by atoms with van der Waals surface area (Å²) < 4.78 is 4.93. The number of rotatable bonds is 4. The first-order valence-electron chi connectivity index (χ1n) is 5.00. The summed E-state index contributed by atoms with van der Waals surface area (Å²) in [6.45, 7) is 5.96. The monoisotopic (exact) mass is 228 g/mol. The standard InChI is InChI=1S/C10H16N2O2S/c1-4-7(11)9-12-6(3)8(15-9)10(13)14-5-2/h7H,4-5,11H2,1-3H3. The van der Waals surface area contributed by atoms with Crippen molar-refractivity contribution in [3.63, 3.8) is 0 Å². The van der Waals surface area contributed by atoms with Crippen LogP contribution >= 0.6 is 11.3 Å². The lowest BCUT2D eigenvalue weighted by molar-refractivity contribution is 0.0531. The van der Waals surface area contributed by atoms with E-state index in [1.54, 1.807) is 13.8 Å². The Balaban J connectivity index is 2.90. The van der Waals surface area contributed by atoms with E-state index in [2.05, 4.69) is 4.98 Å². The summed E-state index contributed by atoms with van der Waals surface area (Å²) in [7, 11) is 0. The number of hydrogen-bond donors (Lipinski definition) is 1. The predicted octanol–water partition coefficient (Wildman–Crippen LogP) is 2.04. The van der Waals surface area contributed by atoms with Crippen LogP contribution in [0.4, 0.5) is 0 Å². The normalized spacial score (nSPS) is 12.5. The van der Waals surface area contributed by atoms with Gasteiger partial charge in [-0.05, 0) is 20.3 Å². The van der Waals surface area contributed by atoms with Gasteiger partial charge in [-0.1, -0.05) is 6.92 Å². The van der Waals surface area contributed by atoms with Crippen LogP contribution in [0.3, 0.4) is 0 Å². The molecular formula is C10H16N2O2S. The molecule has 1 aromatic rings. The Bertz CT molecular complexity index is 349. The Morgan fingerprint density at radius 2 is 2.27 bits per heavy atom. The fraction of sp³-hybridized carbons (Fsp3) is 0.600. The third-order valence-electron chi connectivity index (χ3n) is 2.03.